The summed E-state index contributed by atoms with van der Waals surface area (Å²) in [6, 6.07) is 11.8. The Morgan fingerprint density at radius 1 is 1.24 bits per heavy atom. The summed E-state index contributed by atoms with van der Waals surface area (Å²) in [7, 11) is 1.84. The Balaban J connectivity index is 1.78. The van der Waals surface area contributed by atoms with Crippen LogP contribution < -0.4 is 4.90 Å². The van der Waals surface area contributed by atoms with Crippen molar-refractivity contribution >= 4 is 39.7 Å². The summed E-state index contributed by atoms with van der Waals surface area (Å²) in [5.41, 5.74) is 2.60. The average Bonchev–Trinajstić information content (AvgIpc) is 3.07. The molecule has 0 bridgehead atoms. The van der Waals surface area contributed by atoms with Crippen molar-refractivity contribution in [2.24, 2.45) is 7.05 Å². The second kappa shape index (κ2) is 5.60. The van der Waals surface area contributed by atoms with Gasteiger partial charge in [0.1, 0.15) is 23.2 Å². The number of amidine groups is 1. The van der Waals surface area contributed by atoms with Crippen LogP contribution in [0.2, 0.25) is 5.02 Å². The van der Waals surface area contributed by atoms with Gasteiger partial charge in [-0.05, 0) is 30.3 Å². The van der Waals surface area contributed by atoms with E-state index in [0.29, 0.717) is 17.1 Å². The monoisotopic (exact) mass is 356 g/mol. The number of nitrogens with zero attached hydrogens (tertiary/aromatic N) is 3. The van der Waals surface area contributed by atoms with Crippen molar-refractivity contribution in [1.29, 1.82) is 5.41 Å². The summed E-state index contributed by atoms with van der Waals surface area (Å²) >= 11 is 5.84. The third-order valence-electron chi connectivity index (χ3n) is 4.33. The highest BCUT2D eigenvalue weighted by Gasteiger charge is 2.32. The number of fused-ring (bicyclic) bond motifs is 1. The summed E-state index contributed by atoms with van der Waals surface area (Å²) in [6.45, 7) is 0.110. The summed E-state index contributed by atoms with van der Waals surface area (Å²) in [5, 5.41) is 18.9. The van der Waals surface area contributed by atoms with Gasteiger partial charge in [-0.3, -0.25) is 5.41 Å². The first-order chi connectivity index (χ1) is 12.0. The van der Waals surface area contributed by atoms with E-state index in [0.717, 1.165) is 11.0 Å². The van der Waals surface area contributed by atoms with Crippen molar-refractivity contribution in [3.63, 3.8) is 0 Å². The number of anilines is 1. The van der Waals surface area contributed by atoms with Gasteiger partial charge < -0.3 is 14.6 Å². The molecule has 0 fully saturated rings. The van der Waals surface area contributed by atoms with Crippen LogP contribution >= 0.6 is 11.6 Å². The van der Waals surface area contributed by atoms with Gasteiger partial charge in [0.15, 0.2) is 0 Å². The molecule has 1 aromatic heterocycles. The number of hydrogen-bond donors (Lipinski definition) is 2. The molecule has 2 N–H and O–H groups in total. The third-order valence-corrected chi connectivity index (χ3v) is 4.62. The van der Waals surface area contributed by atoms with E-state index in [9.17, 15) is 9.50 Å². The standard InChI is InChI=1S/C18H14ClFN4O/c1-23-14-5-3-2-4-13(14)22-18(23)16-15(25)9-24(17(16)21)10-6-7-12(20)11(19)8-10/h2-8,21,25H,9H2,1H3. The lowest BCUT2D eigenvalue weighted by Gasteiger charge is -2.19. The number of para-hydroxylation sites is 2. The predicted octanol–water partition coefficient (Wildman–Crippen LogP) is 4.13. The van der Waals surface area contributed by atoms with Gasteiger partial charge in [0.25, 0.3) is 0 Å². The number of rotatable bonds is 2. The van der Waals surface area contributed by atoms with Crippen molar-refractivity contribution in [2.45, 2.75) is 0 Å². The average molecular weight is 357 g/mol. The van der Waals surface area contributed by atoms with Crippen LogP contribution in [-0.2, 0) is 7.05 Å². The molecule has 0 atom stereocenters. The Kier molecular flexibility index (Phi) is 3.51. The zero-order valence-corrected chi connectivity index (χ0v) is 14.0. The lowest BCUT2D eigenvalue weighted by atomic mass is 10.2. The molecule has 0 spiro atoms. The van der Waals surface area contributed by atoms with Crippen LogP contribution in [0.5, 0.6) is 0 Å². The SMILES string of the molecule is Cn1c(C2=C(O)CN(c3ccc(F)c(Cl)c3)C2=N)nc2ccccc21. The van der Waals surface area contributed by atoms with E-state index in [-0.39, 0.29) is 23.2 Å². The lowest BCUT2D eigenvalue weighted by molar-refractivity contribution is 0.411. The van der Waals surface area contributed by atoms with Gasteiger partial charge in [0, 0.05) is 12.7 Å². The molecule has 0 unspecified atom stereocenters. The Hall–Kier alpha value is -2.86. The van der Waals surface area contributed by atoms with Crippen molar-refractivity contribution < 1.29 is 9.50 Å². The van der Waals surface area contributed by atoms with Gasteiger partial charge in [-0.2, -0.15) is 0 Å². The summed E-state index contributed by atoms with van der Waals surface area (Å²) < 4.78 is 15.2. The van der Waals surface area contributed by atoms with E-state index in [1.165, 1.54) is 18.2 Å². The smallest absolute Gasteiger partial charge is 0.148 e. The molecule has 25 heavy (non-hydrogen) atoms. The van der Waals surface area contributed by atoms with E-state index < -0.39 is 5.82 Å². The molecule has 126 valence electrons. The molecular formula is C18H14ClFN4O. The largest absolute Gasteiger partial charge is 0.509 e. The Bertz CT molecular complexity index is 1060. The van der Waals surface area contributed by atoms with Crippen LogP contribution in [0.25, 0.3) is 16.6 Å². The van der Waals surface area contributed by atoms with Crippen molar-refractivity contribution in [1.82, 2.24) is 9.55 Å². The molecule has 0 amide bonds. The fraction of sp³-hybridized carbons (Fsp3) is 0.111. The second-order valence-corrected chi connectivity index (χ2v) is 6.25. The maximum atomic E-state index is 13.4. The molecule has 0 aliphatic carbocycles. The highest BCUT2D eigenvalue weighted by Crippen LogP contribution is 2.33. The lowest BCUT2D eigenvalue weighted by Crippen LogP contribution is -2.26. The first-order valence-electron chi connectivity index (χ1n) is 7.63. The number of aliphatic hydroxyl groups excluding tert-OH is 1. The highest BCUT2D eigenvalue weighted by molar-refractivity contribution is 6.32. The number of benzene rings is 2. The van der Waals surface area contributed by atoms with E-state index in [2.05, 4.69) is 4.98 Å². The number of imidazole rings is 1. The van der Waals surface area contributed by atoms with Gasteiger partial charge in [0.2, 0.25) is 0 Å². The molecule has 2 heterocycles. The maximum Gasteiger partial charge on any atom is 0.148 e. The molecule has 2 aromatic carbocycles. The van der Waals surface area contributed by atoms with E-state index in [1.54, 1.807) is 4.90 Å². The van der Waals surface area contributed by atoms with E-state index in [4.69, 9.17) is 17.0 Å². The van der Waals surface area contributed by atoms with E-state index >= 15 is 0 Å². The number of nitrogens with one attached hydrogen (secondary N) is 1. The van der Waals surface area contributed by atoms with Crippen molar-refractivity contribution in [3.05, 3.63) is 64.9 Å². The normalized spacial score (nSPS) is 14.8. The molecule has 7 heteroatoms. The molecule has 1 aliphatic rings. The maximum absolute atomic E-state index is 13.4. The number of aliphatic hydroxyl groups is 1. The van der Waals surface area contributed by atoms with Crippen LogP contribution in [0.1, 0.15) is 5.82 Å². The fourth-order valence-electron chi connectivity index (χ4n) is 3.06. The minimum Gasteiger partial charge on any atom is -0.509 e. The van der Waals surface area contributed by atoms with E-state index in [1.807, 2.05) is 35.9 Å². The number of halogens is 2. The molecule has 3 aromatic rings. The highest BCUT2D eigenvalue weighted by atomic mass is 35.5. The minimum absolute atomic E-state index is 0.0269. The van der Waals surface area contributed by atoms with Gasteiger partial charge >= 0.3 is 0 Å². The second-order valence-electron chi connectivity index (χ2n) is 5.84. The molecule has 0 radical (unpaired) electrons. The Morgan fingerprint density at radius 2 is 2.00 bits per heavy atom. The first kappa shape index (κ1) is 15.7. The minimum atomic E-state index is -0.524. The summed E-state index contributed by atoms with van der Waals surface area (Å²) in [4.78, 5) is 6.11. The summed E-state index contributed by atoms with van der Waals surface area (Å²) in [5.74, 6) is 0.130. The van der Waals surface area contributed by atoms with Crippen LogP contribution in [0.3, 0.4) is 0 Å². The van der Waals surface area contributed by atoms with Crippen LogP contribution in [-0.4, -0.2) is 27.0 Å². The fourth-order valence-corrected chi connectivity index (χ4v) is 3.23. The zero-order chi connectivity index (χ0) is 17.7. The predicted molar refractivity (Wildman–Crippen MR) is 96.7 cm³/mol. The molecular weight excluding hydrogens is 343 g/mol. The molecule has 0 saturated heterocycles. The summed E-state index contributed by atoms with van der Waals surface area (Å²) in [6.07, 6.45) is 0. The molecule has 1 aliphatic heterocycles. The van der Waals surface area contributed by atoms with Crippen LogP contribution in [0.4, 0.5) is 10.1 Å². The molecule has 5 nitrogen and oxygen atoms in total. The Labute approximate surface area is 148 Å². The van der Waals surface area contributed by atoms with Gasteiger partial charge in [-0.1, -0.05) is 23.7 Å². The Morgan fingerprint density at radius 3 is 2.72 bits per heavy atom. The molecule has 4 rings (SSSR count). The van der Waals surface area contributed by atoms with Gasteiger partial charge in [-0.25, -0.2) is 9.37 Å². The van der Waals surface area contributed by atoms with Gasteiger partial charge in [-0.15, -0.1) is 0 Å². The van der Waals surface area contributed by atoms with Crippen LogP contribution in [0.15, 0.2) is 48.2 Å². The molecule has 0 saturated carbocycles. The quantitative estimate of drug-likeness (QED) is 0.725. The van der Waals surface area contributed by atoms with Crippen molar-refractivity contribution in [2.75, 3.05) is 11.4 Å². The van der Waals surface area contributed by atoms with Crippen molar-refractivity contribution in [3.8, 4) is 0 Å². The zero-order valence-electron chi connectivity index (χ0n) is 13.3. The number of aromatic nitrogens is 2. The third kappa shape index (κ3) is 2.37. The van der Waals surface area contributed by atoms with Gasteiger partial charge in [0.05, 0.1) is 28.2 Å². The van der Waals surface area contributed by atoms with Crippen LogP contribution in [0, 0.1) is 11.2 Å². The topological polar surface area (TPSA) is 65.1 Å². The number of hydrogen-bond acceptors (Lipinski definition) is 3. The first-order valence-corrected chi connectivity index (χ1v) is 8.00. The number of aryl methyl sites for hydroxylation is 1.